The number of aryl methyl sites for hydroxylation is 3. The number of H-pyrrole nitrogens is 1. The molecule has 2 rings (SSSR count). The summed E-state index contributed by atoms with van der Waals surface area (Å²) in [6, 6.07) is 4.32. The van der Waals surface area contributed by atoms with E-state index in [1.165, 1.54) is 11.1 Å². The molecule has 2 aromatic rings. The van der Waals surface area contributed by atoms with Gasteiger partial charge in [-0.05, 0) is 50.5 Å². The third-order valence-corrected chi connectivity index (χ3v) is 3.05. The fourth-order valence-corrected chi connectivity index (χ4v) is 1.93. The molecule has 92 valence electrons. The van der Waals surface area contributed by atoms with Gasteiger partial charge >= 0.3 is 0 Å². The van der Waals surface area contributed by atoms with Crippen molar-refractivity contribution in [3.63, 3.8) is 0 Å². The van der Waals surface area contributed by atoms with E-state index in [1.54, 1.807) is 0 Å². The van der Waals surface area contributed by atoms with Gasteiger partial charge in [0.25, 0.3) is 0 Å². The molecule has 3 nitrogen and oxygen atoms in total. The van der Waals surface area contributed by atoms with E-state index >= 15 is 0 Å². The summed E-state index contributed by atoms with van der Waals surface area (Å²) in [6.45, 7) is 7.87. The van der Waals surface area contributed by atoms with Crippen LogP contribution < -0.4 is 0 Å². The van der Waals surface area contributed by atoms with Crippen molar-refractivity contribution in [3.8, 4) is 0 Å². The minimum Gasteiger partial charge on any atom is -0.382 e. The summed E-state index contributed by atoms with van der Waals surface area (Å²) < 4.78 is 5.33. The largest absolute Gasteiger partial charge is 0.382 e. The molecule has 1 aromatic carbocycles. The maximum Gasteiger partial charge on any atom is 0.107 e. The fraction of sp³-hybridized carbons (Fsp3) is 0.500. The quantitative estimate of drug-likeness (QED) is 0.804. The number of nitrogens with zero attached hydrogens (tertiary/aromatic N) is 1. The molecular weight excluding hydrogens is 212 g/mol. The molecule has 0 atom stereocenters. The second-order valence-electron chi connectivity index (χ2n) is 4.44. The van der Waals surface area contributed by atoms with Crippen LogP contribution in [0.5, 0.6) is 0 Å². The summed E-state index contributed by atoms with van der Waals surface area (Å²) in [7, 11) is 0. The molecule has 17 heavy (non-hydrogen) atoms. The molecule has 1 N–H and O–H groups in total. The van der Waals surface area contributed by atoms with E-state index in [-0.39, 0.29) is 0 Å². The van der Waals surface area contributed by atoms with Crippen LogP contribution in [0.25, 0.3) is 11.0 Å². The van der Waals surface area contributed by atoms with Crippen molar-refractivity contribution >= 4 is 11.0 Å². The van der Waals surface area contributed by atoms with E-state index in [9.17, 15) is 0 Å². The van der Waals surface area contributed by atoms with Gasteiger partial charge in [-0.1, -0.05) is 0 Å². The zero-order valence-corrected chi connectivity index (χ0v) is 10.8. The number of imidazole rings is 1. The summed E-state index contributed by atoms with van der Waals surface area (Å²) in [5.41, 5.74) is 4.81. The van der Waals surface area contributed by atoms with Crippen molar-refractivity contribution in [1.82, 2.24) is 9.97 Å². The lowest BCUT2D eigenvalue weighted by molar-refractivity contribution is 0.145. The lowest BCUT2D eigenvalue weighted by atomic mass is 10.1. The van der Waals surface area contributed by atoms with Crippen molar-refractivity contribution in [2.75, 3.05) is 13.2 Å². The molecule has 0 aliphatic carbocycles. The predicted molar refractivity (Wildman–Crippen MR) is 70.4 cm³/mol. The van der Waals surface area contributed by atoms with Crippen molar-refractivity contribution < 1.29 is 4.74 Å². The summed E-state index contributed by atoms with van der Waals surface area (Å²) in [5.74, 6) is 1.06. The van der Waals surface area contributed by atoms with E-state index in [1.807, 2.05) is 6.92 Å². The van der Waals surface area contributed by atoms with E-state index in [0.29, 0.717) is 0 Å². The second kappa shape index (κ2) is 5.32. The Bertz CT molecular complexity index is 463. The highest BCUT2D eigenvalue weighted by Crippen LogP contribution is 2.17. The molecule has 0 saturated heterocycles. The number of aromatic amines is 1. The summed E-state index contributed by atoms with van der Waals surface area (Å²) in [4.78, 5) is 7.98. The SMILES string of the molecule is CCOCCCc1nc2cc(C)c(C)cc2[nH]1. The number of hydrogen-bond donors (Lipinski definition) is 1. The van der Waals surface area contributed by atoms with E-state index in [0.717, 1.165) is 42.9 Å². The standard InChI is InChI=1S/C14H20N2O/c1-4-17-7-5-6-14-15-12-8-10(2)11(3)9-13(12)16-14/h8-9H,4-7H2,1-3H3,(H,15,16). The highest BCUT2D eigenvalue weighted by atomic mass is 16.5. The summed E-state index contributed by atoms with van der Waals surface area (Å²) in [5, 5.41) is 0. The zero-order valence-electron chi connectivity index (χ0n) is 10.8. The van der Waals surface area contributed by atoms with Crippen LogP contribution in [0, 0.1) is 13.8 Å². The molecule has 0 unspecified atom stereocenters. The molecule has 0 spiro atoms. The maximum atomic E-state index is 5.33. The Morgan fingerprint density at radius 1 is 1.24 bits per heavy atom. The molecule has 0 aliphatic heterocycles. The highest BCUT2D eigenvalue weighted by molar-refractivity contribution is 5.77. The van der Waals surface area contributed by atoms with Gasteiger partial charge in [-0.3, -0.25) is 0 Å². The second-order valence-corrected chi connectivity index (χ2v) is 4.44. The Hall–Kier alpha value is -1.35. The molecular formula is C14H20N2O. The van der Waals surface area contributed by atoms with Crippen LogP contribution in [0.4, 0.5) is 0 Å². The molecule has 3 heteroatoms. The molecule has 0 fully saturated rings. The van der Waals surface area contributed by atoms with Gasteiger partial charge < -0.3 is 9.72 Å². The van der Waals surface area contributed by atoms with E-state index < -0.39 is 0 Å². The molecule has 0 aliphatic rings. The lowest BCUT2D eigenvalue weighted by Gasteiger charge is -1.98. The fourth-order valence-electron chi connectivity index (χ4n) is 1.93. The zero-order chi connectivity index (χ0) is 12.3. The topological polar surface area (TPSA) is 37.9 Å². The summed E-state index contributed by atoms with van der Waals surface area (Å²) in [6.07, 6.45) is 1.97. The van der Waals surface area contributed by atoms with E-state index in [4.69, 9.17) is 4.74 Å². The Morgan fingerprint density at radius 2 is 2.00 bits per heavy atom. The van der Waals surface area contributed by atoms with Crippen LogP contribution in [0.2, 0.25) is 0 Å². The van der Waals surface area contributed by atoms with Crippen molar-refractivity contribution in [1.29, 1.82) is 0 Å². The van der Waals surface area contributed by atoms with Crippen LogP contribution >= 0.6 is 0 Å². The Morgan fingerprint density at radius 3 is 2.76 bits per heavy atom. The summed E-state index contributed by atoms with van der Waals surface area (Å²) >= 11 is 0. The van der Waals surface area contributed by atoms with Crippen LogP contribution in [0.1, 0.15) is 30.3 Å². The number of ether oxygens (including phenoxy) is 1. The van der Waals surface area contributed by atoms with Gasteiger partial charge in [0.15, 0.2) is 0 Å². The normalized spacial score (nSPS) is 11.2. The smallest absolute Gasteiger partial charge is 0.107 e. The Labute approximate surface area is 102 Å². The monoisotopic (exact) mass is 232 g/mol. The number of aromatic nitrogens is 2. The number of benzene rings is 1. The van der Waals surface area contributed by atoms with E-state index in [2.05, 4.69) is 35.9 Å². The average Bonchev–Trinajstić information content (AvgIpc) is 2.67. The van der Waals surface area contributed by atoms with Gasteiger partial charge in [0, 0.05) is 19.6 Å². The van der Waals surface area contributed by atoms with Crippen molar-refractivity contribution in [2.45, 2.75) is 33.6 Å². The van der Waals surface area contributed by atoms with Gasteiger partial charge in [0.2, 0.25) is 0 Å². The molecule has 0 bridgehead atoms. The third-order valence-electron chi connectivity index (χ3n) is 3.05. The molecule has 0 saturated carbocycles. The van der Waals surface area contributed by atoms with Crippen molar-refractivity contribution in [2.24, 2.45) is 0 Å². The maximum absolute atomic E-state index is 5.33. The molecule has 0 radical (unpaired) electrons. The number of rotatable bonds is 5. The number of hydrogen-bond acceptors (Lipinski definition) is 2. The first-order chi connectivity index (χ1) is 8.20. The first-order valence-corrected chi connectivity index (χ1v) is 6.24. The first kappa shape index (κ1) is 12.1. The van der Waals surface area contributed by atoms with Gasteiger partial charge in [-0.15, -0.1) is 0 Å². The van der Waals surface area contributed by atoms with Crippen LogP contribution in [-0.2, 0) is 11.2 Å². The van der Waals surface area contributed by atoms with Gasteiger partial charge in [0.05, 0.1) is 11.0 Å². The van der Waals surface area contributed by atoms with Crippen LogP contribution in [0.3, 0.4) is 0 Å². The lowest BCUT2D eigenvalue weighted by Crippen LogP contribution is -1.96. The molecule has 1 heterocycles. The predicted octanol–water partition coefficient (Wildman–Crippen LogP) is 3.15. The van der Waals surface area contributed by atoms with Gasteiger partial charge in [0.1, 0.15) is 5.82 Å². The van der Waals surface area contributed by atoms with Crippen LogP contribution in [-0.4, -0.2) is 23.2 Å². The van der Waals surface area contributed by atoms with Gasteiger partial charge in [-0.2, -0.15) is 0 Å². The highest BCUT2D eigenvalue weighted by Gasteiger charge is 2.04. The third kappa shape index (κ3) is 2.86. The average molecular weight is 232 g/mol. The van der Waals surface area contributed by atoms with Crippen molar-refractivity contribution in [3.05, 3.63) is 29.1 Å². The van der Waals surface area contributed by atoms with Crippen LogP contribution in [0.15, 0.2) is 12.1 Å². The first-order valence-electron chi connectivity index (χ1n) is 6.24. The Kier molecular flexibility index (Phi) is 3.79. The molecule has 0 amide bonds. The minimum absolute atomic E-state index is 0.790. The Balaban J connectivity index is 2.09. The van der Waals surface area contributed by atoms with Gasteiger partial charge in [-0.25, -0.2) is 4.98 Å². The molecule has 1 aromatic heterocycles. The number of fused-ring (bicyclic) bond motifs is 1. The minimum atomic E-state index is 0.790. The number of nitrogens with one attached hydrogen (secondary N) is 1.